The second-order valence-electron chi connectivity index (χ2n) is 5.24. The van der Waals surface area contributed by atoms with Gasteiger partial charge in [0.15, 0.2) is 0 Å². The molecule has 5 nitrogen and oxygen atoms in total. The summed E-state index contributed by atoms with van der Waals surface area (Å²) in [6.07, 6.45) is 3.07. The molecule has 0 spiro atoms. The Kier molecular flexibility index (Phi) is 3.88. The summed E-state index contributed by atoms with van der Waals surface area (Å²) in [6.45, 7) is 1.83. The first-order valence-corrected chi connectivity index (χ1v) is 7.37. The van der Waals surface area contributed by atoms with Crippen LogP contribution in [0.15, 0.2) is 47.5 Å². The second-order valence-corrected chi connectivity index (χ2v) is 5.65. The van der Waals surface area contributed by atoms with Crippen molar-refractivity contribution in [2.45, 2.75) is 6.92 Å². The minimum absolute atomic E-state index is 0.0484. The van der Waals surface area contributed by atoms with Crippen molar-refractivity contribution in [3.05, 3.63) is 69.1 Å². The number of anilines is 1. The highest BCUT2D eigenvalue weighted by Gasteiger charge is 2.16. The number of aromatic nitrogens is 2. The van der Waals surface area contributed by atoms with Crippen LogP contribution in [0.1, 0.15) is 15.9 Å². The summed E-state index contributed by atoms with van der Waals surface area (Å²) in [5.74, 6) is -0.0555. The zero-order chi connectivity index (χ0) is 16.6. The Bertz CT molecular complexity index is 979. The van der Waals surface area contributed by atoms with Gasteiger partial charge >= 0.3 is 0 Å². The monoisotopic (exact) mass is 327 g/mol. The summed E-state index contributed by atoms with van der Waals surface area (Å²) in [6, 6.07) is 8.67. The van der Waals surface area contributed by atoms with Gasteiger partial charge in [-0.2, -0.15) is 0 Å². The summed E-state index contributed by atoms with van der Waals surface area (Å²) in [7, 11) is 1.75. The van der Waals surface area contributed by atoms with Crippen molar-refractivity contribution in [2.24, 2.45) is 7.05 Å². The SMILES string of the molecule is Cc1cccnc1NC(=O)c1cn(C)c2c(Cl)cccc2c1=O. The predicted molar refractivity (Wildman–Crippen MR) is 91.1 cm³/mol. The number of rotatable bonds is 2. The fraction of sp³-hybridized carbons (Fsp3) is 0.118. The van der Waals surface area contributed by atoms with Crippen LogP contribution in [-0.4, -0.2) is 15.5 Å². The zero-order valence-corrected chi connectivity index (χ0v) is 13.4. The second kappa shape index (κ2) is 5.85. The summed E-state index contributed by atoms with van der Waals surface area (Å²) in [5, 5.41) is 3.55. The quantitative estimate of drug-likeness (QED) is 0.786. The first-order chi connectivity index (χ1) is 11.0. The van der Waals surface area contributed by atoms with Crippen molar-refractivity contribution in [1.82, 2.24) is 9.55 Å². The lowest BCUT2D eigenvalue weighted by Crippen LogP contribution is -2.24. The molecular formula is C17H14ClN3O2. The highest BCUT2D eigenvalue weighted by atomic mass is 35.5. The van der Waals surface area contributed by atoms with Crippen LogP contribution in [0.2, 0.25) is 5.02 Å². The standard InChI is InChI=1S/C17H14ClN3O2/c1-10-5-4-8-19-16(10)20-17(23)12-9-21(2)14-11(15(12)22)6-3-7-13(14)18/h3-9H,1-2H3,(H,19,20,23). The van der Waals surface area contributed by atoms with E-state index in [1.54, 1.807) is 42.1 Å². The molecule has 3 rings (SSSR count). The van der Waals surface area contributed by atoms with Gasteiger partial charge in [-0.3, -0.25) is 9.59 Å². The van der Waals surface area contributed by atoms with Crippen LogP contribution in [0, 0.1) is 6.92 Å². The van der Waals surface area contributed by atoms with Crippen LogP contribution in [0.5, 0.6) is 0 Å². The number of nitrogens with one attached hydrogen (secondary N) is 1. The molecule has 0 aliphatic rings. The Morgan fingerprint density at radius 3 is 2.78 bits per heavy atom. The number of amides is 1. The Morgan fingerprint density at radius 2 is 2.04 bits per heavy atom. The molecule has 2 aromatic heterocycles. The van der Waals surface area contributed by atoms with Crippen LogP contribution in [0.3, 0.4) is 0 Å². The van der Waals surface area contributed by atoms with Crippen molar-refractivity contribution >= 4 is 34.2 Å². The first kappa shape index (κ1) is 15.2. The third-order valence-corrected chi connectivity index (χ3v) is 3.94. The molecule has 0 unspecified atom stereocenters. The summed E-state index contributed by atoms with van der Waals surface area (Å²) >= 11 is 6.15. The summed E-state index contributed by atoms with van der Waals surface area (Å²) in [5.41, 5.74) is 1.12. The number of fused-ring (bicyclic) bond motifs is 1. The van der Waals surface area contributed by atoms with Crippen molar-refractivity contribution < 1.29 is 4.79 Å². The topological polar surface area (TPSA) is 64.0 Å². The normalized spacial score (nSPS) is 10.7. The lowest BCUT2D eigenvalue weighted by atomic mass is 10.1. The molecule has 3 aromatic rings. The molecule has 0 aliphatic heterocycles. The Labute approximate surface area is 137 Å². The smallest absolute Gasteiger partial charge is 0.262 e. The fourth-order valence-corrected chi connectivity index (χ4v) is 2.78. The van der Waals surface area contributed by atoms with E-state index in [4.69, 9.17) is 11.6 Å². The van der Waals surface area contributed by atoms with Crippen LogP contribution >= 0.6 is 11.6 Å². The average molecular weight is 328 g/mol. The predicted octanol–water partition coefficient (Wildman–Crippen LogP) is 3.15. The van der Waals surface area contributed by atoms with Gasteiger partial charge in [0.05, 0.1) is 10.5 Å². The van der Waals surface area contributed by atoms with E-state index in [0.717, 1.165) is 5.56 Å². The molecule has 2 heterocycles. The van der Waals surface area contributed by atoms with E-state index in [-0.39, 0.29) is 11.0 Å². The van der Waals surface area contributed by atoms with E-state index in [1.165, 1.54) is 6.20 Å². The third-order valence-electron chi connectivity index (χ3n) is 3.64. The number of aryl methyl sites for hydroxylation is 2. The summed E-state index contributed by atoms with van der Waals surface area (Å²) in [4.78, 5) is 29.2. The Morgan fingerprint density at radius 1 is 1.26 bits per heavy atom. The molecule has 23 heavy (non-hydrogen) atoms. The molecule has 0 bridgehead atoms. The van der Waals surface area contributed by atoms with Gasteiger partial charge in [-0.25, -0.2) is 4.98 Å². The molecular weight excluding hydrogens is 314 g/mol. The van der Waals surface area contributed by atoms with Crippen LogP contribution < -0.4 is 10.7 Å². The largest absolute Gasteiger partial charge is 0.348 e. The van der Waals surface area contributed by atoms with Crippen LogP contribution in [0.25, 0.3) is 10.9 Å². The highest BCUT2D eigenvalue weighted by molar-refractivity contribution is 6.35. The molecule has 1 N–H and O–H groups in total. The maximum atomic E-state index is 12.6. The van der Waals surface area contributed by atoms with E-state index in [2.05, 4.69) is 10.3 Å². The first-order valence-electron chi connectivity index (χ1n) is 7.00. The molecule has 0 fully saturated rings. The number of para-hydroxylation sites is 1. The average Bonchev–Trinajstić information content (AvgIpc) is 2.52. The van der Waals surface area contributed by atoms with E-state index < -0.39 is 5.91 Å². The van der Waals surface area contributed by atoms with Crippen molar-refractivity contribution in [1.29, 1.82) is 0 Å². The number of hydrogen-bond acceptors (Lipinski definition) is 3. The number of carbonyl (C=O) groups excluding carboxylic acids is 1. The van der Waals surface area contributed by atoms with E-state index in [1.807, 2.05) is 13.0 Å². The maximum Gasteiger partial charge on any atom is 0.262 e. The van der Waals surface area contributed by atoms with Crippen molar-refractivity contribution in [2.75, 3.05) is 5.32 Å². The molecule has 116 valence electrons. The van der Waals surface area contributed by atoms with Gasteiger partial charge in [0.1, 0.15) is 11.4 Å². The molecule has 0 atom stereocenters. The maximum absolute atomic E-state index is 12.6. The molecule has 0 saturated heterocycles. The lowest BCUT2D eigenvalue weighted by molar-refractivity contribution is 0.102. The lowest BCUT2D eigenvalue weighted by Gasteiger charge is -2.11. The Hall–Kier alpha value is -2.66. The Balaban J connectivity index is 2.10. The fourth-order valence-electron chi connectivity index (χ4n) is 2.47. The van der Waals surface area contributed by atoms with E-state index in [9.17, 15) is 9.59 Å². The van der Waals surface area contributed by atoms with Crippen LogP contribution in [-0.2, 0) is 7.05 Å². The number of hydrogen-bond donors (Lipinski definition) is 1. The van der Waals surface area contributed by atoms with Gasteiger partial charge in [-0.05, 0) is 30.7 Å². The number of halogens is 1. The van der Waals surface area contributed by atoms with Gasteiger partial charge < -0.3 is 9.88 Å². The molecule has 0 radical (unpaired) electrons. The highest BCUT2D eigenvalue weighted by Crippen LogP contribution is 2.21. The number of benzene rings is 1. The number of carbonyl (C=O) groups is 1. The molecule has 1 aromatic carbocycles. The minimum Gasteiger partial charge on any atom is -0.348 e. The van der Waals surface area contributed by atoms with Gasteiger partial charge in [0.25, 0.3) is 5.91 Å². The molecule has 0 aliphatic carbocycles. The number of nitrogens with zero attached hydrogens (tertiary/aromatic N) is 2. The zero-order valence-electron chi connectivity index (χ0n) is 12.6. The number of pyridine rings is 2. The van der Waals surface area contributed by atoms with Crippen molar-refractivity contribution in [3.63, 3.8) is 0 Å². The van der Waals surface area contributed by atoms with Gasteiger partial charge in [-0.1, -0.05) is 23.7 Å². The van der Waals surface area contributed by atoms with E-state index >= 15 is 0 Å². The van der Waals surface area contributed by atoms with Gasteiger partial charge in [-0.15, -0.1) is 0 Å². The van der Waals surface area contributed by atoms with Crippen molar-refractivity contribution in [3.8, 4) is 0 Å². The van der Waals surface area contributed by atoms with Crippen LogP contribution in [0.4, 0.5) is 5.82 Å². The summed E-state index contributed by atoms with van der Waals surface area (Å²) < 4.78 is 1.68. The minimum atomic E-state index is -0.491. The van der Waals surface area contributed by atoms with Gasteiger partial charge in [0.2, 0.25) is 5.43 Å². The molecule has 1 amide bonds. The molecule has 6 heteroatoms. The van der Waals surface area contributed by atoms with Gasteiger partial charge in [0, 0.05) is 24.8 Å². The molecule has 0 saturated carbocycles. The van der Waals surface area contributed by atoms with E-state index in [0.29, 0.717) is 21.7 Å². The third kappa shape index (κ3) is 2.71.